The number of rotatable bonds is 5. The van der Waals surface area contributed by atoms with E-state index in [1.54, 1.807) is 17.5 Å². The Bertz CT molecular complexity index is 2780. The van der Waals surface area contributed by atoms with Gasteiger partial charge in [-0.05, 0) is 68.6 Å². The summed E-state index contributed by atoms with van der Waals surface area (Å²) in [6, 6.07) is 55.3. The summed E-state index contributed by atoms with van der Waals surface area (Å²) in [7, 11) is 0. The van der Waals surface area contributed by atoms with E-state index in [2.05, 4.69) is 157 Å². The van der Waals surface area contributed by atoms with Crippen molar-refractivity contribution in [3.05, 3.63) is 170 Å². The summed E-state index contributed by atoms with van der Waals surface area (Å²) in [5.41, 5.74) is 7.46. The minimum atomic E-state index is 0.637. The van der Waals surface area contributed by atoms with Crippen LogP contribution in [0.25, 0.3) is 98.1 Å². The molecule has 10 aromatic rings. The second-order valence-corrected chi connectivity index (χ2v) is 13.7. The minimum Gasteiger partial charge on any atom is -0.264 e. The van der Waals surface area contributed by atoms with Crippen molar-refractivity contribution in [2.24, 2.45) is 0 Å². The molecule has 10 rings (SSSR count). The van der Waals surface area contributed by atoms with Gasteiger partial charge in [-0.15, -0.1) is 11.3 Å². The molecule has 51 heavy (non-hydrogen) atoms. The van der Waals surface area contributed by atoms with Crippen molar-refractivity contribution in [2.45, 2.75) is 0 Å². The van der Waals surface area contributed by atoms with Crippen molar-refractivity contribution in [1.29, 1.82) is 0 Å². The van der Waals surface area contributed by atoms with Crippen molar-refractivity contribution < 1.29 is 0 Å². The summed E-state index contributed by atoms with van der Waals surface area (Å²) in [6.07, 6.45) is 3.72. The Morgan fingerprint density at radius 1 is 0.333 bits per heavy atom. The Balaban J connectivity index is 1.25. The molecule has 0 fully saturated rings. The highest BCUT2D eigenvalue weighted by atomic mass is 32.1. The van der Waals surface area contributed by atoms with Crippen molar-refractivity contribution >= 4 is 53.1 Å². The Kier molecular flexibility index (Phi) is 6.96. The van der Waals surface area contributed by atoms with Gasteiger partial charge in [-0.25, -0.2) is 15.0 Å². The smallest absolute Gasteiger partial charge is 0.165 e. The number of hydrogen-bond acceptors (Lipinski definition) is 5. The second-order valence-electron chi connectivity index (χ2n) is 12.6. The number of nitrogens with zero attached hydrogens (tertiary/aromatic N) is 4. The van der Waals surface area contributed by atoms with Crippen LogP contribution in [0.5, 0.6) is 0 Å². The lowest BCUT2D eigenvalue weighted by molar-refractivity contribution is 1.08. The maximum absolute atomic E-state index is 5.30. The molecule has 3 aromatic heterocycles. The normalized spacial score (nSPS) is 11.5. The maximum atomic E-state index is 5.30. The molecule has 0 spiro atoms. The highest BCUT2D eigenvalue weighted by molar-refractivity contribution is 7.26. The third kappa shape index (κ3) is 4.98. The van der Waals surface area contributed by atoms with Gasteiger partial charge in [-0.1, -0.05) is 127 Å². The Morgan fingerprint density at radius 3 is 1.45 bits per heavy atom. The van der Waals surface area contributed by atoms with Gasteiger partial charge in [0.2, 0.25) is 0 Å². The first kappa shape index (κ1) is 29.4. The number of benzene rings is 7. The molecule has 4 nitrogen and oxygen atoms in total. The molecule has 7 aromatic carbocycles. The van der Waals surface area contributed by atoms with Crippen molar-refractivity contribution in [3.8, 4) is 56.4 Å². The third-order valence-corrected chi connectivity index (χ3v) is 10.9. The van der Waals surface area contributed by atoms with Gasteiger partial charge in [0.05, 0.1) is 0 Å². The van der Waals surface area contributed by atoms with Crippen LogP contribution in [0.1, 0.15) is 0 Å². The van der Waals surface area contributed by atoms with Gasteiger partial charge in [0.15, 0.2) is 17.5 Å². The lowest BCUT2D eigenvalue weighted by Gasteiger charge is -2.15. The molecule has 0 N–H and O–H groups in total. The predicted molar refractivity (Wildman–Crippen MR) is 213 cm³/mol. The number of hydrogen-bond donors (Lipinski definition) is 0. The van der Waals surface area contributed by atoms with Gasteiger partial charge in [-0.3, -0.25) is 4.98 Å². The topological polar surface area (TPSA) is 51.6 Å². The molecule has 5 heteroatoms. The van der Waals surface area contributed by atoms with Gasteiger partial charge in [-0.2, -0.15) is 0 Å². The maximum Gasteiger partial charge on any atom is 0.165 e. The number of fused-ring (bicyclic) bond motifs is 5. The van der Waals surface area contributed by atoms with E-state index in [9.17, 15) is 0 Å². The summed E-state index contributed by atoms with van der Waals surface area (Å²) in [6.45, 7) is 0. The van der Waals surface area contributed by atoms with E-state index >= 15 is 0 Å². The molecule has 0 aliphatic heterocycles. The molecule has 0 unspecified atom stereocenters. The van der Waals surface area contributed by atoms with Crippen LogP contribution >= 0.6 is 11.3 Å². The standard InChI is InChI=1S/C46H28N4S/c1-2-12-29(13-3-1)31-23-25-39(35-17-6-4-15-33(31)35)44-48-45(40-26-24-32(30-14-11-27-47-28-30)34-16-5-7-18-36(34)40)50-46(49-44)41-21-10-20-38-37-19-8-9-22-42(37)51-43(38)41/h1-28H. The number of aromatic nitrogens is 4. The van der Waals surface area contributed by atoms with Gasteiger partial charge in [0.25, 0.3) is 0 Å². The fraction of sp³-hybridized carbons (Fsp3) is 0. The number of pyridine rings is 1. The third-order valence-electron chi connectivity index (χ3n) is 9.67. The fourth-order valence-corrected chi connectivity index (χ4v) is 8.50. The number of thiophene rings is 1. The zero-order chi connectivity index (χ0) is 33.7. The van der Waals surface area contributed by atoms with Crippen LogP contribution in [0.15, 0.2) is 170 Å². The first-order valence-corrected chi connectivity index (χ1v) is 17.8. The molecule has 0 saturated heterocycles. The summed E-state index contributed by atoms with van der Waals surface area (Å²) in [4.78, 5) is 20.3. The molecule has 0 aliphatic carbocycles. The average molecular weight is 669 g/mol. The summed E-state index contributed by atoms with van der Waals surface area (Å²) in [5, 5.41) is 6.90. The van der Waals surface area contributed by atoms with Crippen LogP contribution in [0, 0.1) is 0 Å². The average Bonchev–Trinajstić information content (AvgIpc) is 3.59. The van der Waals surface area contributed by atoms with Crippen molar-refractivity contribution in [1.82, 2.24) is 19.9 Å². The SMILES string of the molecule is c1ccc(-c2ccc(-c3nc(-c4ccc(-c5cccnc5)c5ccccc45)nc(-c4cccc5c4sc4ccccc45)n3)c3ccccc23)cc1. The van der Waals surface area contributed by atoms with Crippen LogP contribution in [0.4, 0.5) is 0 Å². The molecule has 0 bridgehead atoms. The molecular weight excluding hydrogens is 641 g/mol. The van der Waals surface area contributed by atoms with E-state index in [1.165, 1.54) is 31.3 Å². The zero-order valence-electron chi connectivity index (χ0n) is 27.4. The molecule has 0 radical (unpaired) electrons. The van der Waals surface area contributed by atoms with Gasteiger partial charge in [0, 0.05) is 54.8 Å². The quantitative estimate of drug-likeness (QED) is 0.183. The fourth-order valence-electron chi connectivity index (χ4n) is 7.29. The molecule has 0 saturated carbocycles. The van der Waals surface area contributed by atoms with Crippen LogP contribution in [0.3, 0.4) is 0 Å². The van der Waals surface area contributed by atoms with E-state index in [0.29, 0.717) is 17.5 Å². The predicted octanol–water partition coefficient (Wildman–Crippen LogP) is 12.3. The van der Waals surface area contributed by atoms with Gasteiger partial charge < -0.3 is 0 Å². The van der Waals surface area contributed by atoms with Crippen LogP contribution in [-0.2, 0) is 0 Å². The first-order valence-electron chi connectivity index (χ1n) is 17.0. The molecule has 238 valence electrons. The summed E-state index contributed by atoms with van der Waals surface area (Å²) >= 11 is 1.78. The van der Waals surface area contributed by atoms with Crippen molar-refractivity contribution in [2.75, 3.05) is 0 Å². The highest BCUT2D eigenvalue weighted by Gasteiger charge is 2.20. The molecular formula is C46H28N4S. The summed E-state index contributed by atoms with van der Waals surface area (Å²) in [5.74, 6) is 1.94. The Morgan fingerprint density at radius 2 is 0.824 bits per heavy atom. The molecule has 3 heterocycles. The molecule has 0 atom stereocenters. The highest BCUT2D eigenvalue weighted by Crippen LogP contribution is 2.41. The van der Waals surface area contributed by atoms with E-state index in [0.717, 1.165) is 49.4 Å². The second kappa shape index (κ2) is 12.1. The largest absolute Gasteiger partial charge is 0.264 e. The van der Waals surface area contributed by atoms with Crippen LogP contribution in [0.2, 0.25) is 0 Å². The lowest BCUT2D eigenvalue weighted by atomic mass is 9.94. The Labute approximate surface area is 298 Å². The Hall–Kier alpha value is -6.56. The monoisotopic (exact) mass is 668 g/mol. The van der Waals surface area contributed by atoms with E-state index < -0.39 is 0 Å². The molecule has 0 amide bonds. The van der Waals surface area contributed by atoms with Crippen LogP contribution < -0.4 is 0 Å². The minimum absolute atomic E-state index is 0.637. The first-order chi connectivity index (χ1) is 25.3. The molecule has 0 aliphatic rings. The van der Waals surface area contributed by atoms with Crippen molar-refractivity contribution in [3.63, 3.8) is 0 Å². The van der Waals surface area contributed by atoms with Crippen LogP contribution in [-0.4, -0.2) is 19.9 Å². The summed E-state index contributed by atoms with van der Waals surface area (Å²) < 4.78 is 2.41. The zero-order valence-corrected chi connectivity index (χ0v) is 28.2. The lowest BCUT2D eigenvalue weighted by Crippen LogP contribution is -2.01. The van der Waals surface area contributed by atoms with E-state index in [-0.39, 0.29) is 0 Å². The van der Waals surface area contributed by atoms with Gasteiger partial charge >= 0.3 is 0 Å². The van der Waals surface area contributed by atoms with E-state index in [1.807, 2.05) is 12.3 Å². The van der Waals surface area contributed by atoms with Gasteiger partial charge in [0.1, 0.15) is 0 Å². The van der Waals surface area contributed by atoms with E-state index in [4.69, 9.17) is 15.0 Å².